The number of rotatable bonds is 6. The van der Waals surface area contributed by atoms with Gasteiger partial charge >= 0.3 is 18.0 Å². The van der Waals surface area contributed by atoms with Crippen LogP contribution in [0.2, 0.25) is 0 Å². The van der Waals surface area contributed by atoms with Crippen LogP contribution in [-0.4, -0.2) is 66.2 Å². The standard InChI is InChI=1S/C11H20N2O5/c1-5-8(2)13(6-9(14)15)11(17)12(3)7-10(16)18-4/h8H,5-7H2,1-4H3,(H,14,15). The first-order valence-electron chi connectivity index (χ1n) is 5.63. The second-order valence-corrected chi connectivity index (χ2v) is 3.99. The number of amides is 2. The van der Waals surface area contributed by atoms with E-state index in [1.54, 1.807) is 6.92 Å². The van der Waals surface area contributed by atoms with Crippen LogP contribution >= 0.6 is 0 Å². The highest BCUT2D eigenvalue weighted by atomic mass is 16.5. The molecule has 2 amide bonds. The number of carbonyl (C=O) groups excluding carboxylic acids is 2. The van der Waals surface area contributed by atoms with E-state index in [-0.39, 0.29) is 19.1 Å². The monoisotopic (exact) mass is 260 g/mol. The van der Waals surface area contributed by atoms with E-state index in [2.05, 4.69) is 4.74 Å². The number of carbonyl (C=O) groups is 3. The van der Waals surface area contributed by atoms with Gasteiger partial charge in [0.1, 0.15) is 13.1 Å². The summed E-state index contributed by atoms with van der Waals surface area (Å²) in [5, 5.41) is 8.78. The van der Waals surface area contributed by atoms with Crippen molar-refractivity contribution in [1.29, 1.82) is 0 Å². The Kier molecular flexibility index (Phi) is 6.77. The first-order chi connectivity index (χ1) is 8.33. The highest BCUT2D eigenvalue weighted by Gasteiger charge is 2.25. The van der Waals surface area contributed by atoms with E-state index in [1.807, 2.05) is 6.92 Å². The van der Waals surface area contributed by atoms with Crippen LogP contribution in [0, 0.1) is 0 Å². The lowest BCUT2D eigenvalue weighted by Gasteiger charge is -2.30. The number of esters is 1. The molecule has 0 bridgehead atoms. The van der Waals surface area contributed by atoms with Crippen molar-refractivity contribution in [3.05, 3.63) is 0 Å². The van der Waals surface area contributed by atoms with Crippen LogP contribution in [0.1, 0.15) is 20.3 Å². The van der Waals surface area contributed by atoms with Crippen molar-refractivity contribution < 1.29 is 24.2 Å². The summed E-state index contributed by atoms with van der Waals surface area (Å²) in [7, 11) is 2.65. The zero-order chi connectivity index (χ0) is 14.3. The third-order valence-corrected chi connectivity index (χ3v) is 2.59. The number of hydrogen-bond donors (Lipinski definition) is 1. The number of carboxylic acids is 1. The van der Waals surface area contributed by atoms with E-state index in [0.717, 1.165) is 4.90 Å². The van der Waals surface area contributed by atoms with Crippen molar-refractivity contribution in [3.8, 4) is 0 Å². The van der Waals surface area contributed by atoms with Gasteiger partial charge in [-0.2, -0.15) is 0 Å². The minimum atomic E-state index is -1.09. The Labute approximate surface area is 106 Å². The van der Waals surface area contributed by atoms with E-state index in [1.165, 1.54) is 19.1 Å². The van der Waals surface area contributed by atoms with E-state index >= 15 is 0 Å². The minimum Gasteiger partial charge on any atom is -0.480 e. The summed E-state index contributed by atoms with van der Waals surface area (Å²) in [4.78, 5) is 36.2. The molecule has 0 rings (SSSR count). The summed E-state index contributed by atoms with van der Waals surface area (Å²) >= 11 is 0. The molecule has 0 aliphatic rings. The molecule has 18 heavy (non-hydrogen) atoms. The van der Waals surface area contributed by atoms with Crippen molar-refractivity contribution in [1.82, 2.24) is 9.80 Å². The maximum atomic E-state index is 12.0. The predicted molar refractivity (Wildman–Crippen MR) is 64.1 cm³/mol. The molecule has 0 aliphatic carbocycles. The van der Waals surface area contributed by atoms with Gasteiger partial charge in [0.2, 0.25) is 0 Å². The summed E-state index contributed by atoms with van der Waals surface area (Å²) in [6.45, 7) is 3.02. The van der Waals surface area contributed by atoms with Crippen molar-refractivity contribution >= 4 is 18.0 Å². The molecule has 7 heteroatoms. The number of nitrogens with zero attached hydrogens (tertiary/aromatic N) is 2. The number of methoxy groups -OCH3 is 1. The lowest BCUT2D eigenvalue weighted by Crippen LogP contribution is -2.49. The third-order valence-electron chi connectivity index (χ3n) is 2.59. The Bertz CT molecular complexity index is 319. The molecule has 1 N–H and O–H groups in total. The zero-order valence-corrected chi connectivity index (χ0v) is 11.2. The Hall–Kier alpha value is -1.79. The van der Waals surface area contributed by atoms with Crippen molar-refractivity contribution in [3.63, 3.8) is 0 Å². The van der Waals surface area contributed by atoms with Crippen LogP contribution in [0.3, 0.4) is 0 Å². The highest BCUT2D eigenvalue weighted by Crippen LogP contribution is 2.07. The third kappa shape index (κ3) is 5.03. The molecule has 0 radical (unpaired) electrons. The first kappa shape index (κ1) is 16.2. The quantitative estimate of drug-likeness (QED) is 0.698. The van der Waals surface area contributed by atoms with Gasteiger partial charge in [0.05, 0.1) is 7.11 Å². The van der Waals surface area contributed by atoms with E-state index in [4.69, 9.17) is 5.11 Å². The lowest BCUT2D eigenvalue weighted by molar-refractivity contribution is -0.141. The number of likely N-dealkylation sites (N-methyl/N-ethyl adjacent to an activating group) is 1. The molecule has 1 unspecified atom stereocenters. The van der Waals surface area contributed by atoms with Gasteiger partial charge in [0.25, 0.3) is 0 Å². The topological polar surface area (TPSA) is 87.2 Å². The summed E-state index contributed by atoms with van der Waals surface area (Å²) in [6, 6.07) is -0.717. The van der Waals surface area contributed by atoms with Gasteiger partial charge in [0, 0.05) is 13.1 Å². The number of urea groups is 1. The van der Waals surface area contributed by atoms with E-state index in [9.17, 15) is 14.4 Å². The molecule has 0 aromatic heterocycles. The number of ether oxygens (including phenoxy) is 1. The van der Waals surface area contributed by atoms with E-state index < -0.39 is 18.0 Å². The average molecular weight is 260 g/mol. The molecule has 0 aromatic carbocycles. The fraction of sp³-hybridized carbons (Fsp3) is 0.727. The maximum Gasteiger partial charge on any atom is 0.325 e. The number of carboxylic acid groups (broad SMARTS) is 1. The highest BCUT2D eigenvalue weighted by molar-refractivity contribution is 5.83. The summed E-state index contributed by atoms with van der Waals surface area (Å²) in [6.07, 6.45) is 0.630. The van der Waals surface area contributed by atoms with Crippen LogP contribution < -0.4 is 0 Å². The summed E-state index contributed by atoms with van der Waals surface area (Å²) in [5.74, 6) is -1.64. The normalized spacial score (nSPS) is 11.6. The predicted octanol–water partition coefficient (Wildman–Crippen LogP) is 0.396. The van der Waals surface area contributed by atoms with Crippen molar-refractivity contribution in [2.24, 2.45) is 0 Å². The van der Waals surface area contributed by atoms with Gasteiger partial charge in [-0.1, -0.05) is 6.92 Å². The second kappa shape index (κ2) is 7.52. The molecule has 7 nitrogen and oxygen atoms in total. The lowest BCUT2D eigenvalue weighted by atomic mass is 10.2. The van der Waals surface area contributed by atoms with Gasteiger partial charge in [-0.25, -0.2) is 4.79 Å². The largest absolute Gasteiger partial charge is 0.480 e. The SMILES string of the molecule is CCC(C)N(CC(=O)O)C(=O)N(C)CC(=O)OC. The molecule has 0 saturated heterocycles. The van der Waals surface area contributed by atoms with Gasteiger partial charge in [-0.3, -0.25) is 9.59 Å². The van der Waals surface area contributed by atoms with Crippen LogP contribution in [0.4, 0.5) is 4.79 Å². The average Bonchev–Trinajstić information content (AvgIpc) is 2.33. The fourth-order valence-electron chi connectivity index (χ4n) is 1.32. The van der Waals surface area contributed by atoms with Crippen molar-refractivity contribution in [2.45, 2.75) is 26.3 Å². The van der Waals surface area contributed by atoms with Crippen LogP contribution in [-0.2, 0) is 14.3 Å². The summed E-state index contributed by atoms with van der Waals surface area (Å²) < 4.78 is 4.45. The smallest absolute Gasteiger partial charge is 0.325 e. The molecular weight excluding hydrogens is 240 g/mol. The molecule has 1 atom stereocenters. The van der Waals surface area contributed by atoms with Crippen LogP contribution in [0.15, 0.2) is 0 Å². The van der Waals surface area contributed by atoms with Gasteiger partial charge in [-0.05, 0) is 13.3 Å². The zero-order valence-electron chi connectivity index (χ0n) is 11.2. The maximum absolute atomic E-state index is 12.0. The Morgan fingerprint density at radius 3 is 2.22 bits per heavy atom. The number of hydrogen-bond acceptors (Lipinski definition) is 4. The van der Waals surface area contributed by atoms with Gasteiger partial charge in [0.15, 0.2) is 0 Å². The molecule has 0 saturated carbocycles. The molecule has 0 spiro atoms. The Morgan fingerprint density at radius 2 is 1.83 bits per heavy atom. The molecule has 0 fully saturated rings. The molecule has 104 valence electrons. The minimum absolute atomic E-state index is 0.206. The Balaban J connectivity index is 4.73. The van der Waals surface area contributed by atoms with Gasteiger partial charge in [-0.15, -0.1) is 0 Å². The molecule has 0 heterocycles. The second-order valence-electron chi connectivity index (χ2n) is 3.99. The molecule has 0 aliphatic heterocycles. The molecular formula is C11H20N2O5. The van der Waals surface area contributed by atoms with Gasteiger partial charge < -0.3 is 19.6 Å². The Morgan fingerprint density at radius 1 is 1.28 bits per heavy atom. The summed E-state index contributed by atoms with van der Waals surface area (Å²) in [5.41, 5.74) is 0. The van der Waals surface area contributed by atoms with Crippen LogP contribution in [0.5, 0.6) is 0 Å². The fourth-order valence-corrected chi connectivity index (χ4v) is 1.32. The molecule has 0 aromatic rings. The van der Waals surface area contributed by atoms with Crippen molar-refractivity contribution in [2.75, 3.05) is 27.2 Å². The van der Waals surface area contributed by atoms with E-state index in [0.29, 0.717) is 6.42 Å². The number of aliphatic carboxylic acids is 1. The first-order valence-corrected chi connectivity index (χ1v) is 5.63. The van der Waals surface area contributed by atoms with Crippen LogP contribution in [0.25, 0.3) is 0 Å².